The molecule has 1 aliphatic rings. The van der Waals surface area contributed by atoms with Gasteiger partial charge in [0.15, 0.2) is 0 Å². The molecule has 4 rings (SSSR count). The van der Waals surface area contributed by atoms with Gasteiger partial charge in [0, 0.05) is 10.9 Å². The summed E-state index contributed by atoms with van der Waals surface area (Å²) in [5.41, 5.74) is 0.393. The zero-order chi connectivity index (χ0) is 21.5. The van der Waals surface area contributed by atoms with E-state index in [1.165, 1.54) is 18.2 Å². The van der Waals surface area contributed by atoms with Gasteiger partial charge in [-0.15, -0.1) is 0 Å². The van der Waals surface area contributed by atoms with Gasteiger partial charge < -0.3 is 10.2 Å². The largest absolute Gasteiger partial charge is 0.508 e. The molecule has 1 aliphatic carbocycles. The molecule has 2 atom stereocenters. The number of halogens is 1. The van der Waals surface area contributed by atoms with Crippen LogP contribution in [0.1, 0.15) is 17.9 Å². The third-order valence-corrected chi connectivity index (χ3v) is 7.09. The van der Waals surface area contributed by atoms with E-state index in [1.807, 2.05) is 12.1 Å². The van der Waals surface area contributed by atoms with Crippen LogP contribution in [-0.4, -0.2) is 30.1 Å². The third-order valence-electron chi connectivity index (χ3n) is 5.31. The van der Waals surface area contributed by atoms with Crippen molar-refractivity contribution in [3.63, 3.8) is 0 Å². The molecule has 0 aromatic heterocycles. The number of carboxylic acid groups (broad SMARTS) is 1. The SMILES string of the molecule is O=C(O)C1(NS(=O)(=O)c2ccc(-c3ccc(Cl)cc3)cc2)C[C@H]1c1ccccc1O. The van der Waals surface area contributed by atoms with Gasteiger partial charge in [-0.3, -0.25) is 4.79 Å². The predicted molar refractivity (Wildman–Crippen MR) is 113 cm³/mol. The molecule has 6 nitrogen and oxygen atoms in total. The van der Waals surface area contributed by atoms with Crippen LogP contribution < -0.4 is 4.72 Å². The average molecular weight is 444 g/mol. The number of carboxylic acids is 1. The summed E-state index contributed by atoms with van der Waals surface area (Å²) in [5, 5.41) is 20.4. The Kier molecular flexibility index (Phi) is 5.05. The second-order valence-electron chi connectivity index (χ2n) is 7.23. The van der Waals surface area contributed by atoms with Gasteiger partial charge in [-0.1, -0.05) is 54.1 Å². The molecule has 0 aliphatic heterocycles. The van der Waals surface area contributed by atoms with Gasteiger partial charge >= 0.3 is 5.97 Å². The Balaban J connectivity index is 1.59. The summed E-state index contributed by atoms with van der Waals surface area (Å²) in [6.45, 7) is 0. The van der Waals surface area contributed by atoms with E-state index in [9.17, 15) is 23.4 Å². The lowest BCUT2D eigenvalue weighted by Crippen LogP contribution is -2.44. The van der Waals surface area contributed by atoms with E-state index in [-0.39, 0.29) is 17.1 Å². The van der Waals surface area contributed by atoms with Gasteiger partial charge in [0.1, 0.15) is 11.3 Å². The molecule has 3 aromatic carbocycles. The minimum atomic E-state index is -4.09. The number of carbonyl (C=O) groups is 1. The molecule has 0 saturated heterocycles. The van der Waals surface area contributed by atoms with Crippen LogP contribution in [0.5, 0.6) is 5.75 Å². The zero-order valence-corrected chi connectivity index (χ0v) is 17.2. The van der Waals surface area contributed by atoms with Crippen LogP contribution in [0.15, 0.2) is 77.7 Å². The van der Waals surface area contributed by atoms with Crippen molar-refractivity contribution in [1.29, 1.82) is 0 Å². The van der Waals surface area contributed by atoms with E-state index in [0.717, 1.165) is 11.1 Å². The summed E-state index contributed by atoms with van der Waals surface area (Å²) in [4.78, 5) is 11.9. The maximum absolute atomic E-state index is 12.9. The average Bonchev–Trinajstić information content (AvgIpc) is 3.43. The van der Waals surface area contributed by atoms with E-state index in [2.05, 4.69) is 4.72 Å². The lowest BCUT2D eigenvalue weighted by molar-refractivity contribution is -0.140. The molecule has 1 unspecified atom stereocenters. The maximum Gasteiger partial charge on any atom is 0.325 e. The Morgan fingerprint density at radius 1 is 0.967 bits per heavy atom. The van der Waals surface area contributed by atoms with Crippen LogP contribution in [0.25, 0.3) is 11.1 Å². The molecular formula is C22H18ClNO5S. The number of rotatable bonds is 6. The summed E-state index contributed by atoms with van der Waals surface area (Å²) < 4.78 is 28.1. The van der Waals surface area contributed by atoms with Crippen molar-refractivity contribution in [2.45, 2.75) is 22.8 Å². The highest BCUT2D eigenvalue weighted by Crippen LogP contribution is 2.54. The Bertz CT molecular complexity index is 1210. The number of sulfonamides is 1. The zero-order valence-electron chi connectivity index (χ0n) is 15.6. The number of aliphatic carboxylic acids is 1. The fourth-order valence-electron chi connectivity index (χ4n) is 3.58. The van der Waals surface area contributed by atoms with Gasteiger partial charge in [0.05, 0.1) is 4.90 Å². The quantitative estimate of drug-likeness (QED) is 0.534. The monoisotopic (exact) mass is 443 g/mol. The molecule has 0 radical (unpaired) electrons. The summed E-state index contributed by atoms with van der Waals surface area (Å²) >= 11 is 5.89. The highest BCUT2D eigenvalue weighted by atomic mass is 35.5. The van der Waals surface area contributed by atoms with Crippen molar-refractivity contribution in [3.8, 4) is 16.9 Å². The van der Waals surface area contributed by atoms with Gasteiger partial charge in [0.25, 0.3) is 0 Å². The smallest absolute Gasteiger partial charge is 0.325 e. The molecule has 1 saturated carbocycles. The molecule has 30 heavy (non-hydrogen) atoms. The van der Waals surface area contributed by atoms with E-state index < -0.39 is 27.4 Å². The second-order valence-corrected chi connectivity index (χ2v) is 9.35. The fraction of sp³-hybridized carbons (Fsp3) is 0.136. The van der Waals surface area contributed by atoms with Crippen molar-refractivity contribution in [2.75, 3.05) is 0 Å². The molecular weight excluding hydrogens is 426 g/mol. The number of para-hydroxylation sites is 1. The summed E-state index contributed by atoms with van der Waals surface area (Å²) in [5.74, 6) is -1.99. The minimum absolute atomic E-state index is 0.0382. The van der Waals surface area contributed by atoms with E-state index >= 15 is 0 Å². The first-order chi connectivity index (χ1) is 14.2. The van der Waals surface area contributed by atoms with E-state index in [4.69, 9.17) is 11.6 Å². The lowest BCUT2D eigenvalue weighted by atomic mass is 10.1. The molecule has 0 amide bonds. The highest BCUT2D eigenvalue weighted by Gasteiger charge is 2.64. The van der Waals surface area contributed by atoms with Gasteiger partial charge in [0.2, 0.25) is 10.0 Å². The number of aromatic hydroxyl groups is 1. The van der Waals surface area contributed by atoms with E-state index in [0.29, 0.717) is 10.6 Å². The van der Waals surface area contributed by atoms with Crippen molar-refractivity contribution in [2.24, 2.45) is 0 Å². The standard InChI is InChI=1S/C22H18ClNO5S/c23-16-9-5-14(6-10-16)15-7-11-17(12-8-15)30(28,29)24-22(21(26)27)13-19(22)18-3-1-2-4-20(18)25/h1-12,19,24-25H,13H2,(H,26,27)/t19-,22?/m0/s1. The normalized spacial score (nSPS) is 20.6. The van der Waals surface area contributed by atoms with Crippen molar-refractivity contribution in [3.05, 3.63) is 83.4 Å². The third kappa shape index (κ3) is 3.67. The number of hydrogen-bond donors (Lipinski definition) is 3. The van der Waals surface area contributed by atoms with E-state index in [1.54, 1.807) is 42.5 Å². The summed E-state index contributed by atoms with van der Waals surface area (Å²) in [6, 6.07) is 19.6. The second kappa shape index (κ2) is 7.43. The topological polar surface area (TPSA) is 104 Å². The number of phenols is 1. The first kappa shape index (κ1) is 20.4. The Hall–Kier alpha value is -2.87. The molecule has 3 aromatic rings. The molecule has 3 N–H and O–H groups in total. The number of phenolic OH excluding ortho intramolecular Hbond substituents is 1. The molecule has 1 fully saturated rings. The van der Waals surface area contributed by atoms with Gasteiger partial charge in [-0.2, -0.15) is 4.72 Å². The fourth-order valence-corrected chi connectivity index (χ4v) is 5.11. The molecule has 0 bridgehead atoms. The first-order valence-electron chi connectivity index (χ1n) is 9.14. The van der Waals surface area contributed by atoms with Crippen molar-refractivity contribution in [1.82, 2.24) is 4.72 Å². The van der Waals surface area contributed by atoms with Crippen molar-refractivity contribution < 1.29 is 23.4 Å². The molecule has 8 heteroatoms. The minimum Gasteiger partial charge on any atom is -0.508 e. The number of benzene rings is 3. The molecule has 154 valence electrons. The Morgan fingerprint density at radius 2 is 1.53 bits per heavy atom. The van der Waals surface area contributed by atoms with Crippen LogP contribution >= 0.6 is 11.6 Å². The highest BCUT2D eigenvalue weighted by molar-refractivity contribution is 7.89. The van der Waals surface area contributed by atoms with Crippen LogP contribution in [0.4, 0.5) is 0 Å². The summed E-state index contributed by atoms with van der Waals surface area (Å²) in [6.07, 6.45) is 0.0575. The lowest BCUT2D eigenvalue weighted by Gasteiger charge is -2.16. The number of nitrogens with one attached hydrogen (secondary N) is 1. The van der Waals surface area contributed by atoms with Crippen LogP contribution in [0.3, 0.4) is 0 Å². The maximum atomic E-state index is 12.9. The molecule has 0 spiro atoms. The predicted octanol–water partition coefficient (Wildman–Crippen LogP) is 4.00. The molecule has 0 heterocycles. The first-order valence-corrected chi connectivity index (χ1v) is 11.0. The van der Waals surface area contributed by atoms with Crippen LogP contribution in [-0.2, 0) is 14.8 Å². The van der Waals surface area contributed by atoms with Crippen LogP contribution in [0.2, 0.25) is 5.02 Å². The summed E-state index contributed by atoms with van der Waals surface area (Å²) in [7, 11) is -4.09. The number of hydrogen-bond acceptors (Lipinski definition) is 4. The van der Waals surface area contributed by atoms with Crippen LogP contribution in [0, 0.1) is 0 Å². The van der Waals surface area contributed by atoms with Gasteiger partial charge in [-0.05, 0) is 53.4 Å². The van der Waals surface area contributed by atoms with Gasteiger partial charge in [-0.25, -0.2) is 8.42 Å². The Morgan fingerprint density at radius 3 is 2.10 bits per heavy atom. The van der Waals surface area contributed by atoms with Crippen molar-refractivity contribution >= 4 is 27.6 Å². The Labute approximate surface area is 178 Å².